The molecule has 140 valence electrons. The van der Waals surface area contributed by atoms with E-state index in [1.54, 1.807) is 26.4 Å². The molecule has 2 aromatic carbocycles. The van der Waals surface area contributed by atoms with Crippen LogP contribution in [0.25, 0.3) is 11.5 Å². The first-order chi connectivity index (χ1) is 13.0. The van der Waals surface area contributed by atoms with E-state index in [-0.39, 0.29) is 11.5 Å². The van der Waals surface area contributed by atoms with Crippen LogP contribution in [-0.4, -0.2) is 36.0 Å². The zero-order valence-corrected chi connectivity index (χ0v) is 16.4. The van der Waals surface area contributed by atoms with Gasteiger partial charge in [-0.15, -0.1) is 10.2 Å². The van der Waals surface area contributed by atoms with Gasteiger partial charge >= 0.3 is 0 Å². The molecule has 0 aliphatic rings. The summed E-state index contributed by atoms with van der Waals surface area (Å²) >= 11 is 1.22. The Morgan fingerprint density at radius 3 is 2.48 bits per heavy atom. The molecule has 3 aromatic rings. The molecule has 0 radical (unpaired) electrons. The fourth-order valence-corrected chi connectivity index (χ4v) is 3.14. The van der Waals surface area contributed by atoms with Gasteiger partial charge in [0.2, 0.25) is 5.89 Å². The number of rotatable bonds is 7. The molecule has 0 fully saturated rings. The van der Waals surface area contributed by atoms with Gasteiger partial charge in [-0.3, -0.25) is 4.79 Å². The van der Waals surface area contributed by atoms with Crippen molar-refractivity contribution in [2.24, 2.45) is 0 Å². The zero-order valence-electron chi connectivity index (χ0n) is 15.6. The Labute approximate surface area is 161 Å². The lowest BCUT2D eigenvalue weighted by molar-refractivity contribution is 0.102. The largest absolute Gasteiger partial charge is 0.493 e. The first-order valence-electron chi connectivity index (χ1n) is 8.31. The molecule has 0 spiro atoms. The van der Waals surface area contributed by atoms with Gasteiger partial charge in [-0.05, 0) is 49.2 Å². The van der Waals surface area contributed by atoms with Crippen LogP contribution in [-0.2, 0) is 0 Å². The molecule has 1 heterocycles. The summed E-state index contributed by atoms with van der Waals surface area (Å²) in [6.45, 7) is 4.01. The highest BCUT2D eigenvalue weighted by molar-refractivity contribution is 7.99. The number of carbonyl (C=O) groups is 1. The highest BCUT2D eigenvalue weighted by Crippen LogP contribution is 2.32. The van der Waals surface area contributed by atoms with Crippen LogP contribution in [0.15, 0.2) is 46.0 Å². The van der Waals surface area contributed by atoms with Crippen molar-refractivity contribution < 1.29 is 18.7 Å². The van der Waals surface area contributed by atoms with E-state index in [1.165, 1.54) is 11.8 Å². The molecule has 0 N–H and O–H groups in total. The van der Waals surface area contributed by atoms with Crippen molar-refractivity contribution in [3.05, 3.63) is 53.1 Å². The van der Waals surface area contributed by atoms with Crippen molar-refractivity contribution in [3.63, 3.8) is 0 Å². The first kappa shape index (κ1) is 19.0. The van der Waals surface area contributed by atoms with E-state index < -0.39 is 0 Å². The van der Waals surface area contributed by atoms with Gasteiger partial charge in [0.25, 0.3) is 5.22 Å². The Morgan fingerprint density at radius 1 is 1.00 bits per heavy atom. The van der Waals surface area contributed by atoms with E-state index in [1.807, 2.05) is 38.1 Å². The number of Topliss-reactive ketones (excluding diaryl/α,β-unsaturated/α-hetero) is 1. The third kappa shape index (κ3) is 4.31. The predicted octanol–water partition coefficient (Wildman–Crippen LogP) is 4.35. The number of ketones is 1. The van der Waals surface area contributed by atoms with Gasteiger partial charge in [-0.25, -0.2) is 0 Å². The lowest BCUT2D eigenvalue weighted by atomic mass is 10.0. The van der Waals surface area contributed by atoms with Crippen LogP contribution in [0, 0.1) is 13.8 Å². The van der Waals surface area contributed by atoms with Crippen LogP contribution in [0.2, 0.25) is 0 Å². The minimum atomic E-state index is 0.0222. The molecule has 1 aromatic heterocycles. The van der Waals surface area contributed by atoms with Crippen molar-refractivity contribution in [1.82, 2.24) is 10.2 Å². The third-order valence-corrected chi connectivity index (χ3v) is 5.01. The van der Waals surface area contributed by atoms with Crippen LogP contribution in [0.3, 0.4) is 0 Å². The predicted molar refractivity (Wildman–Crippen MR) is 104 cm³/mol. The van der Waals surface area contributed by atoms with E-state index in [4.69, 9.17) is 13.9 Å². The molecule has 0 amide bonds. The molecule has 3 rings (SSSR count). The quantitative estimate of drug-likeness (QED) is 0.443. The Hall–Kier alpha value is -2.80. The molecule has 0 aliphatic heterocycles. The van der Waals surface area contributed by atoms with E-state index in [2.05, 4.69) is 10.2 Å². The topological polar surface area (TPSA) is 74.5 Å². The molecule has 0 unspecified atom stereocenters. The second kappa shape index (κ2) is 8.26. The van der Waals surface area contributed by atoms with Crippen LogP contribution in [0.5, 0.6) is 11.5 Å². The maximum absolute atomic E-state index is 12.4. The lowest BCUT2D eigenvalue weighted by Crippen LogP contribution is -2.03. The summed E-state index contributed by atoms with van der Waals surface area (Å²) in [5.74, 6) is 1.81. The van der Waals surface area contributed by atoms with Crippen LogP contribution in [0.4, 0.5) is 0 Å². The minimum Gasteiger partial charge on any atom is -0.493 e. The summed E-state index contributed by atoms with van der Waals surface area (Å²) in [5, 5.41) is 8.40. The van der Waals surface area contributed by atoms with Crippen LogP contribution >= 0.6 is 11.8 Å². The monoisotopic (exact) mass is 384 g/mol. The maximum Gasteiger partial charge on any atom is 0.277 e. The number of hydrogen-bond donors (Lipinski definition) is 0. The molecule has 6 nitrogen and oxygen atoms in total. The molecule has 0 bridgehead atoms. The molecule has 27 heavy (non-hydrogen) atoms. The number of aromatic nitrogens is 2. The maximum atomic E-state index is 12.4. The Balaban J connectivity index is 1.69. The summed E-state index contributed by atoms with van der Waals surface area (Å²) in [4.78, 5) is 12.4. The number of methoxy groups -OCH3 is 2. The van der Waals surface area contributed by atoms with Crippen LogP contribution in [0.1, 0.15) is 21.5 Å². The summed E-state index contributed by atoms with van der Waals surface area (Å²) < 4.78 is 16.2. The summed E-state index contributed by atoms with van der Waals surface area (Å²) in [5.41, 5.74) is 3.66. The molecular formula is C20H20N2O4S. The standard InChI is InChI=1S/C20H20N2O4S/c1-12-5-6-14(9-13(12)2)16(23)11-27-20-22-21-19(26-20)15-7-8-17(24-3)18(10-15)25-4/h5-10H,11H2,1-4H3. The van der Waals surface area contributed by atoms with Crippen molar-refractivity contribution >= 4 is 17.5 Å². The van der Waals surface area contributed by atoms with E-state index >= 15 is 0 Å². The first-order valence-corrected chi connectivity index (χ1v) is 9.29. The van der Waals surface area contributed by atoms with Crippen molar-refractivity contribution in [1.29, 1.82) is 0 Å². The molecule has 0 aliphatic carbocycles. The second-order valence-electron chi connectivity index (χ2n) is 5.95. The SMILES string of the molecule is COc1ccc(-c2nnc(SCC(=O)c3ccc(C)c(C)c3)o2)cc1OC. The highest BCUT2D eigenvalue weighted by atomic mass is 32.2. The average Bonchev–Trinajstić information content (AvgIpc) is 3.16. The normalized spacial score (nSPS) is 10.7. The van der Waals surface area contributed by atoms with Gasteiger partial charge in [-0.1, -0.05) is 23.9 Å². The van der Waals surface area contributed by atoms with E-state index in [9.17, 15) is 4.79 Å². The number of carbonyl (C=O) groups excluding carboxylic acids is 1. The Bertz CT molecular complexity index is 968. The van der Waals surface area contributed by atoms with Crippen molar-refractivity contribution in [2.75, 3.05) is 20.0 Å². The molecule has 0 saturated heterocycles. The number of aryl methyl sites for hydroxylation is 2. The van der Waals surface area contributed by atoms with Gasteiger partial charge in [-0.2, -0.15) is 0 Å². The van der Waals surface area contributed by atoms with E-state index in [0.29, 0.717) is 33.7 Å². The second-order valence-corrected chi connectivity index (χ2v) is 6.88. The molecular weight excluding hydrogens is 364 g/mol. The highest BCUT2D eigenvalue weighted by Gasteiger charge is 2.14. The molecule has 7 heteroatoms. The summed E-state index contributed by atoms with van der Waals surface area (Å²) in [7, 11) is 3.14. The summed E-state index contributed by atoms with van der Waals surface area (Å²) in [6.07, 6.45) is 0. The number of thioether (sulfide) groups is 1. The average molecular weight is 384 g/mol. The van der Waals surface area contributed by atoms with Gasteiger partial charge in [0.15, 0.2) is 17.3 Å². The van der Waals surface area contributed by atoms with Gasteiger partial charge in [0, 0.05) is 11.1 Å². The van der Waals surface area contributed by atoms with Gasteiger partial charge in [0.05, 0.1) is 20.0 Å². The summed E-state index contributed by atoms with van der Waals surface area (Å²) in [6, 6.07) is 11.0. The number of benzene rings is 2. The zero-order chi connectivity index (χ0) is 19.4. The number of ether oxygens (including phenoxy) is 2. The van der Waals surface area contributed by atoms with Gasteiger partial charge in [0.1, 0.15) is 0 Å². The third-order valence-electron chi connectivity index (χ3n) is 4.19. The van der Waals surface area contributed by atoms with Crippen molar-refractivity contribution in [3.8, 4) is 23.0 Å². The molecule has 0 saturated carbocycles. The Kier molecular flexibility index (Phi) is 5.81. The Morgan fingerprint density at radius 2 is 1.78 bits per heavy atom. The van der Waals surface area contributed by atoms with Crippen LogP contribution < -0.4 is 9.47 Å². The van der Waals surface area contributed by atoms with Gasteiger partial charge < -0.3 is 13.9 Å². The lowest BCUT2D eigenvalue weighted by Gasteiger charge is -2.07. The number of nitrogens with zero attached hydrogens (tertiary/aromatic N) is 2. The van der Waals surface area contributed by atoms with Crippen molar-refractivity contribution in [2.45, 2.75) is 19.1 Å². The minimum absolute atomic E-state index is 0.0222. The number of hydrogen-bond acceptors (Lipinski definition) is 7. The smallest absolute Gasteiger partial charge is 0.277 e. The fourth-order valence-electron chi connectivity index (χ4n) is 2.48. The van der Waals surface area contributed by atoms with E-state index in [0.717, 1.165) is 11.1 Å². The molecule has 0 atom stereocenters. The fraction of sp³-hybridized carbons (Fsp3) is 0.250.